The maximum atomic E-state index is 11.3. The summed E-state index contributed by atoms with van der Waals surface area (Å²) >= 11 is 0. The van der Waals surface area contributed by atoms with Crippen molar-refractivity contribution in [2.75, 3.05) is 24.7 Å². The predicted molar refractivity (Wildman–Crippen MR) is 126 cm³/mol. The van der Waals surface area contributed by atoms with Crippen molar-refractivity contribution in [3.8, 4) is 5.75 Å². The van der Waals surface area contributed by atoms with Gasteiger partial charge in [-0.1, -0.05) is 48.6 Å². The summed E-state index contributed by atoms with van der Waals surface area (Å²) in [4.78, 5) is 13.7. The number of nitrogens with zero attached hydrogens (tertiary/aromatic N) is 1. The molecule has 1 atom stereocenters. The van der Waals surface area contributed by atoms with E-state index in [9.17, 15) is 9.90 Å². The number of benzene rings is 2. The van der Waals surface area contributed by atoms with Gasteiger partial charge in [0.2, 0.25) is 0 Å². The molecule has 5 heteroatoms. The molecule has 2 aromatic rings. The number of carboxylic acids is 1. The molecule has 0 bridgehead atoms. The standard InChI is InChI=1S/C27H29NO4/c1-2-31-26(27(29)30)19-20-11-15-23(16-12-20)32-18-17-28-24-9-5-3-7-21(24)13-14-22-8-4-6-10-25(22)28/h3-7,9-12,14-16,26H,2,8,13,17-19H2,1H3,(H,29,30). The quantitative estimate of drug-likeness (QED) is 0.610. The maximum absolute atomic E-state index is 11.3. The van der Waals surface area contributed by atoms with E-state index in [4.69, 9.17) is 9.47 Å². The van der Waals surface area contributed by atoms with Crippen LogP contribution in [0.4, 0.5) is 5.69 Å². The van der Waals surface area contributed by atoms with Gasteiger partial charge in [-0.15, -0.1) is 0 Å². The molecular weight excluding hydrogens is 402 g/mol. The number of aliphatic carboxylic acids is 1. The largest absolute Gasteiger partial charge is 0.492 e. The normalized spacial score (nSPS) is 15.7. The fourth-order valence-corrected chi connectivity index (χ4v) is 4.18. The molecule has 0 radical (unpaired) electrons. The summed E-state index contributed by atoms with van der Waals surface area (Å²) in [5.74, 6) is -0.168. The van der Waals surface area contributed by atoms with Crippen molar-refractivity contribution in [1.29, 1.82) is 0 Å². The minimum Gasteiger partial charge on any atom is -0.492 e. The number of rotatable bonds is 9. The van der Waals surface area contributed by atoms with E-state index in [0.29, 0.717) is 19.6 Å². The van der Waals surface area contributed by atoms with Gasteiger partial charge in [0.25, 0.3) is 0 Å². The first-order valence-electron chi connectivity index (χ1n) is 11.1. The van der Waals surface area contributed by atoms with Gasteiger partial charge in [0.05, 0.1) is 6.54 Å². The Balaban J connectivity index is 1.41. The number of ether oxygens (including phenoxy) is 2. The summed E-state index contributed by atoms with van der Waals surface area (Å²) in [5.41, 5.74) is 6.06. The van der Waals surface area contributed by atoms with E-state index < -0.39 is 12.1 Å². The Morgan fingerprint density at radius 2 is 1.94 bits per heavy atom. The number of carboxylic acid groups (broad SMARTS) is 1. The number of anilines is 1. The molecule has 0 saturated carbocycles. The van der Waals surface area contributed by atoms with Crippen LogP contribution in [0.1, 0.15) is 24.5 Å². The molecule has 1 unspecified atom stereocenters. The van der Waals surface area contributed by atoms with E-state index in [-0.39, 0.29) is 0 Å². The molecule has 2 aliphatic rings. The van der Waals surface area contributed by atoms with Crippen LogP contribution in [0.2, 0.25) is 0 Å². The molecule has 0 saturated heterocycles. The maximum Gasteiger partial charge on any atom is 0.333 e. The fourth-order valence-electron chi connectivity index (χ4n) is 4.18. The van der Waals surface area contributed by atoms with Crippen LogP contribution in [0.5, 0.6) is 5.75 Å². The summed E-state index contributed by atoms with van der Waals surface area (Å²) in [5, 5.41) is 9.27. The molecule has 0 spiro atoms. The van der Waals surface area contributed by atoms with Crippen molar-refractivity contribution in [2.45, 2.75) is 32.3 Å². The molecule has 5 nitrogen and oxygen atoms in total. The van der Waals surface area contributed by atoms with Gasteiger partial charge >= 0.3 is 5.97 Å². The molecule has 1 aliphatic carbocycles. The van der Waals surface area contributed by atoms with Crippen LogP contribution in [0.25, 0.3) is 0 Å². The number of para-hydroxylation sites is 1. The summed E-state index contributed by atoms with van der Waals surface area (Å²) < 4.78 is 11.3. The van der Waals surface area contributed by atoms with Gasteiger partial charge in [-0.3, -0.25) is 0 Å². The number of fused-ring (bicyclic) bond motifs is 2. The van der Waals surface area contributed by atoms with Crippen LogP contribution in [-0.2, 0) is 22.4 Å². The Morgan fingerprint density at radius 3 is 2.72 bits per heavy atom. The highest BCUT2D eigenvalue weighted by molar-refractivity contribution is 5.72. The molecule has 0 fully saturated rings. The lowest BCUT2D eigenvalue weighted by Gasteiger charge is -2.29. The highest BCUT2D eigenvalue weighted by Gasteiger charge is 2.22. The van der Waals surface area contributed by atoms with E-state index in [1.165, 1.54) is 22.5 Å². The zero-order valence-corrected chi connectivity index (χ0v) is 18.4. The zero-order chi connectivity index (χ0) is 22.3. The van der Waals surface area contributed by atoms with Crippen LogP contribution >= 0.6 is 0 Å². The summed E-state index contributed by atoms with van der Waals surface area (Å²) in [6, 6.07) is 16.1. The first-order valence-corrected chi connectivity index (χ1v) is 11.1. The second-order valence-electron chi connectivity index (χ2n) is 7.88. The lowest BCUT2D eigenvalue weighted by atomic mass is 10.0. The second-order valence-corrected chi connectivity index (χ2v) is 7.88. The van der Waals surface area contributed by atoms with Crippen LogP contribution < -0.4 is 9.64 Å². The number of carbonyl (C=O) groups is 1. The average Bonchev–Trinajstić information content (AvgIpc) is 2.97. The molecule has 1 heterocycles. The molecular formula is C27H29NO4. The molecule has 0 amide bonds. The molecule has 2 aromatic carbocycles. The number of hydrogen-bond acceptors (Lipinski definition) is 4. The zero-order valence-electron chi connectivity index (χ0n) is 18.4. The fraction of sp³-hybridized carbons (Fsp3) is 0.296. The Bertz CT molecular complexity index is 1040. The average molecular weight is 432 g/mol. The monoisotopic (exact) mass is 431 g/mol. The third-order valence-corrected chi connectivity index (χ3v) is 5.77. The summed E-state index contributed by atoms with van der Waals surface area (Å²) in [6.07, 6.45) is 10.2. The third kappa shape index (κ3) is 5.11. The smallest absolute Gasteiger partial charge is 0.333 e. The van der Waals surface area contributed by atoms with E-state index in [1.54, 1.807) is 6.92 Å². The van der Waals surface area contributed by atoms with Crippen molar-refractivity contribution >= 4 is 11.7 Å². The van der Waals surface area contributed by atoms with Crippen molar-refractivity contribution in [3.63, 3.8) is 0 Å². The molecule has 1 N–H and O–H groups in total. The SMILES string of the molecule is CCOC(Cc1ccc(OCCN2C3=CC=CCC3=CCc3ccccc32)cc1)C(=O)O. The molecule has 166 valence electrons. The van der Waals surface area contributed by atoms with Crippen LogP contribution in [0.3, 0.4) is 0 Å². The molecule has 0 aromatic heterocycles. The van der Waals surface area contributed by atoms with Crippen LogP contribution in [0, 0.1) is 0 Å². The lowest BCUT2D eigenvalue weighted by molar-refractivity contribution is -0.149. The van der Waals surface area contributed by atoms with Gasteiger partial charge in [-0.2, -0.15) is 0 Å². The van der Waals surface area contributed by atoms with Gasteiger partial charge in [0.1, 0.15) is 12.4 Å². The Hall–Kier alpha value is -3.31. The first-order chi connectivity index (χ1) is 15.7. The van der Waals surface area contributed by atoms with Gasteiger partial charge in [-0.25, -0.2) is 4.79 Å². The molecule has 1 aliphatic heterocycles. The molecule has 32 heavy (non-hydrogen) atoms. The van der Waals surface area contributed by atoms with E-state index in [1.807, 2.05) is 24.3 Å². The summed E-state index contributed by atoms with van der Waals surface area (Å²) in [7, 11) is 0. The predicted octanol–water partition coefficient (Wildman–Crippen LogP) is 4.93. The Kier molecular flexibility index (Phi) is 7.07. The molecule has 4 rings (SSSR count). The lowest BCUT2D eigenvalue weighted by Crippen LogP contribution is -2.29. The first kappa shape index (κ1) is 21.9. The van der Waals surface area contributed by atoms with E-state index in [2.05, 4.69) is 53.5 Å². The van der Waals surface area contributed by atoms with Crippen molar-refractivity contribution in [1.82, 2.24) is 0 Å². The highest BCUT2D eigenvalue weighted by Crippen LogP contribution is 2.34. The third-order valence-electron chi connectivity index (χ3n) is 5.77. The van der Waals surface area contributed by atoms with E-state index >= 15 is 0 Å². The number of hydrogen-bond donors (Lipinski definition) is 1. The van der Waals surface area contributed by atoms with Crippen molar-refractivity contribution < 1.29 is 19.4 Å². The van der Waals surface area contributed by atoms with Gasteiger partial charge in [0.15, 0.2) is 6.10 Å². The minimum atomic E-state index is -0.940. The van der Waals surface area contributed by atoms with Crippen molar-refractivity contribution in [2.24, 2.45) is 0 Å². The van der Waals surface area contributed by atoms with Crippen LogP contribution in [-0.4, -0.2) is 36.9 Å². The Morgan fingerprint density at radius 1 is 1.12 bits per heavy atom. The second kappa shape index (κ2) is 10.3. The van der Waals surface area contributed by atoms with Gasteiger partial charge in [-0.05, 0) is 60.7 Å². The van der Waals surface area contributed by atoms with Crippen molar-refractivity contribution in [3.05, 3.63) is 95.2 Å². The van der Waals surface area contributed by atoms with Gasteiger partial charge in [0, 0.05) is 24.4 Å². The topological polar surface area (TPSA) is 59.0 Å². The van der Waals surface area contributed by atoms with Gasteiger partial charge < -0.3 is 19.5 Å². The minimum absolute atomic E-state index is 0.338. The Labute approximate surface area is 189 Å². The van der Waals surface area contributed by atoms with E-state index in [0.717, 1.165) is 30.7 Å². The summed E-state index contributed by atoms with van der Waals surface area (Å²) in [6.45, 7) is 3.45. The number of allylic oxidation sites excluding steroid dienone is 5. The highest BCUT2D eigenvalue weighted by atomic mass is 16.5. The van der Waals surface area contributed by atoms with Crippen LogP contribution in [0.15, 0.2) is 84.1 Å².